The molecule has 0 aromatic heterocycles. The predicted molar refractivity (Wildman–Crippen MR) is 75.2 cm³/mol. The monoisotopic (exact) mass is 232 g/mol. The largest absolute Gasteiger partial charge is 0.397 e. The van der Waals surface area contributed by atoms with Gasteiger partial charge in [0.15, 0.2) is 0 Å². The van der Waals surface area contributed by atoms with Crippen LogP contribution in [0.3, 0.4) is 0 Å². The third-order valence-corrected chi connectivity index (χ3v) is 3.98. The van der Waals surface area contributed by atoms with E-state index in [0.717, 1.165) is 23.2 Å². The molecule has 1 aromatic rings. The summed E-state index contributed by atoms with van der Waals surface area (Å²) in [5, 5.41) is 3.64. The number of rotatable bonds is 2. The zero-order valence-corrected chi connectivity index (χ0v) is 11.2. The van der Waals surface area contributed by atoms with Crippen LogP contribution in [0.1, 0.15) is 38.7 Å². The van der Waals surface area contributed by atoms with Gasteiger partial charge in [0.25, 0.3) is 0 Å². The van der Waals surface area contributed by atoms with Gasteiger partial charge in [-0.25, -0.2) is 0 Å². The topological polar surface area (TPSA) is 38.0 Å². The maximum atomic E-state index is 6.02. The Morgan fingerprint density at radius 3 is 2.71 bits per heavy atom. The van der Waals surface area contributed by atoms with Gasteiger partial charge in [0.1, 0.15) is 0 Å². The highest BCUT2D eigenvalue weighted by atomic mass is 14.9. The molecule has 0 amide bonds. The lowest BCUT2D eigenvalue weighted by Gasteiger charge is -2.34. The molecule has 0 spiro atoms. The fraction of sp³-hybridized carbons (Fsp3) is 0.600. The van der Waals surface area contributed by atoms with Gasteiger partial charge in [0.05, 0.1) is 11.4 Å². The van der Waals surface area contributed by atoms with E-state index in [1.165, 1.54) is 24.8 Å². The number of nitrogens with two attached hydrogens (primary N) is 1. The van der Waals surface area contributed by atoms with Crippen molar-refractivity contribution in [1.29, 1.82) is 0 Å². The van der Waals surface area contributed by atoms with Gasteiger partial charge in [0.2, 0.25) is 0 Å². The van der Waals surface area contributed by atoms with Crippen molar-refractivity contribution in [1.82, 2.24) is 0 Å². The van der Waals surface area contributed by atoms with E-state index in [1.54, 1.807) is 0 Å². The van der Waals surface area contributed by atoms with Gasteiger partial charge in [-0.1, -0.05) is 19.9 Å². The number of nitrogen functional groups attached to an aromatic ring is 1. The Hall–Kier alpha value is -1.18. The zero-order chi connectivity index (χ0) is 12.4. The van der Waals surface area contributed by atoms with Gasteiger partial charge in [0, 0.05) is 6.04 Å². The Balaban J connectivity index is 2.07. The molecule has 2 heteroatoms. The summed E-state index contributed by atoms with van der Waals surface area (Å²) < 4.78 is 0. The summed E-state index contributed by atoms with van der Waals surface area (Å²) in [6.07, 6.45) is 3.91. The highest BCUT2D eigenvalue weighted by Crippen LogP contribution is 2.32. The van der Waals surface area contributed by atoms with E-state index < -0.39 is 0 Å². The molecule has 1 aliphatic rings. The molecule has 3 atom stereocenters. The number of anilines is 2. The summed E-state index contributed by atoms with van der Waals surface area (Å²) in [5.41, 5.74) is 9.25. The number of hydrogen-bond acceptors (Lipinski definition) is 2. The molecule has 17 heavy (non-hydrogen) atoms. The summed E-state index contributed by atoms with van der Waals surface area (Å²) >= 11 is 0. The first-order chi connectivity index (χ1) is 8.06. The molecule has 94 valence electrons. The number of nitrogens with one attached hydrogen (secondary N) is 1. The van der Waals surface area contributed by atoms with Crippen molar-refractivity contribution in [3.8, 4) is 0 Å². The van der Waals surface area contributed by atoms with Crippen LogP contribution in [0.15, 0.2) is 18.2 Å². The summed E-state index contributed by atoms with van der Waals surface area (Å²) in [5.74, 6) is 1.61. The van der Waals surface area contributed by atoms with Crippen molar-refractivity contribution < 1.29 is 0 Å². The standard InChI is InChI=1S/C15H24N2/c1-10-5-7-14(12(3)8-10)17-15-9-11(2)4-6-13(15)16/h4,6,9-10,12,14,17H,5,7-8,16H2,1-3H3. The normalized spacial score (nSPS) is 29.0. The van der Waals surface area contributed by atoms with Crippen LogP contribution in [-0.4, -0.2) is 6.04 Å². The van der Waals surface area contributed by atoms with E-state index >= 15 is 0 Å². The number of hydrogen-bond donors (Lipinski definition) is 2. The minimum Gasteiger partial charge on any atom is -0.397 e. The SMILES string of the molecule is Cc1ccc(N)c(NC2CCC(C)CC2C)c1. The van der Waals surface area contributed by atoms with Crippen molar-refractivity contribution in [3.05, 3.63) is 23.8 Å². The van der Waals surface area contributed by atoms with Crippen LogP contribution in [0.25, 0.3) is 0 Å². The molecular weight excluding hydrogens is 208 g/mol. The smallest absolute Gasteiger partial charge is 0.0578 e. The van der Waals surface area contributed by atoms with E-state index in [4.69, 9.17) is 5.73 Å². The molecule has 2 nitrogen and oxygen atoms in total. The first-order valence-corrected chi connectivity index (χ1v) is 6.69. The third-order valence-electron chi connectivity index (χ3n) is 3.98. The second-order valence-corrected chi connectivity index (χ2v) is 5.74. The molecule has 0 aliphatic heterocycles. The average molecular weight is 232 g/mol. The molecule has 3 unspecified atom stereocenters. The van der Waals surface area contributed by atoms with Crippen molar-refractivity contribution in [3.63, 3.8) is 0 Å². The molecule has 0 radical (unpaired) electrons. The maximum absolute atomic E-state index is 6.02. The lowest BCUT2D eigenvalue weighted by Crippen LogP contribution is -2.33. The maximum Gasteiger partial charge on any atom is 0.0578 e. The van der Waals surface area contributed by atoms with Gasteiger partial charge in [-0.2, -0.15) is 0 Å². The highest BCUT2D eigenvalue weighted by molar-refractivity contribution is 5.67. The van der Waals surface area contributed by atoms with E-state index in [-0.39, 0.29) is 0 Å². The van der Waals surface area contributed by atoms with Crippen LogP contribution in [0.4, 0.5) is 11.4 Å². The quantitative estimate of drug-likeness (QED) is 0.761. The van der Waals surface area contributed by atoms with Crippen LogP contribution in [-0.2, 0) is 0 Å². The van der Waals surface area contributed by atoms with Gasteiger partial charge in [-0.05, 0) is 55.7 Å². The second kappa shape index (κ2) is 4.99. The zero-order valence-electron chi connectivity index (χ0n) is 11.2. The molecule has 0 heterocycles. The Labute approximate surface area is 105 Å². The van der Waals surface area contributed by atoms with Gasteiger partial charge in [-0.3, -0.25) is 0 Å². The predicted octanol–water partition coefficient (Wildman–Crippen LogP) is 3.81. The Kier molecular flexibility index (Phi) is 3.60. The summed E-state index contributed by atoms with van der Waals surface area (Å²) in [6.45, 7) is 6.81. The molecule has 3 N–H and O–H groups in total. The minimum absolute atomic E-state index is 0.579. The van der Waals surface area contributed by atoms with Crippen LogP contribution < -0.4 is 11.1 Å². The minimum atomic E-state index is 0.579. The van der Waals surface area contributed by atoms with E-state index in [0.29, 0.717) is 6.04 Å². The number of aryl methyl sites for hydroxylation is 1. The Morgan fingerprint density at radius 2 is 2.00 bits per heavy atom. The lowest BCUT2D eigenvalue weighted by atomic mass is 9.80. The van der Waals surface area contributed by atoms with Gasteiger partial charge >= 0.3 is 0 Å². The molecule has 0 saturated heterocycles. The van der Waals surface area contributed by atoms with Crippen molar-refractivity contribution in [2.75, 3.05) is 11.1 Å². The first kappa shape index (κ1) is 12.3. The fourth-order valence-corrected chi connectivity index (χ4v) is 2.87. The van der Waals surface area contributed by atoms with E-state index in [1.807, 2.05) is 6.07 Å². The van der Waals surface area contributed by atoms with Crippen molar-refractivity contribution in [2.24, 2.45) is 11.8 Å². The van der Waals surface area contributed by atoms with Crippen molar-refractivity contribution >= 4 is 11.4 Å². The fourth-order valence-electron chi connectivity index (χ4n) is 2.87. The highest BCUT2D eigenvalue weighted by Gasteiger charge is 2.25. The molecule has 1 aliphatic carbocycles. The van der Waals surface area contributed by atoms with Crippen molar-refractivity contribution in [2.45, 2.75) is 46.1 Å². The molecule has 2 rings (SSSR count). The molecular formula is C15H24N2. The van der Waals surface area contributed by atoms with Crippen LogP contribution in [0.2, 0.25) is 0 Å². The second-order valence-electron chi connectivity index (χ2n) is 5.74. The average Bonchev–Trinajstić information content (AvgIpc) is 2.27. The van der Waals surface area contributed by atoms with Crippen LogP contribution in [0.5, 0.6) is 0 Å². The van der Waals surface area contributed by atoms with E-state index in [9.17, 15) is 0 Å². The summed E-state index contributed by atoms with van der Waals surface area (Å²) in [4.78, 5) is 0. The molecule has 0 bridgehead atoms. The van der Waals surface area contributed by atoms with Crippen LogP contribution in [0, 0.1) is 18.8 Å². The molecule has 1 saturated carbocycles. The number of benzene rings is 1. The third kappa shape index (κ3) is 2.93. The summed E-state index contributed by atoms with van der Waals surface area (Å²) in [6, 6.07) is 6.79. The van der Waals surface area contributed by atoms with Gasteiger partial charge < -0.3 is 11.1 Å². The van der Waals surface area contributed by atoms with Gasteiger partial charge in [-0.15, -0.1) is 0 Å². The Bertz CT molecular complexity index is 387. The van der Waals surface area contributed by atoms with Crippen LogP contribution >= 0.6 is 0 Å². The first-order valence-electron chi connectivity index (χ1n) is 6.69. The molecule has 1 fully saturated rings. The molecule has 1 aromatic carbocycles. The summed E-state index contributed by atoms with van der Waals surface area (Å²) in [7, 11) is 0. The van der Waals surface area contributed by atoms with E-state index in [2.05, 4.69) is 38.2 Å². The Morgan fingerprint density at radius 1 is 1.24 bits per heavy atom. The lowest BCUT2D eigenvalue weighted by molar-refractivity contribution is 0.276.